The molecule has 0 bridgehead atoms. The Kier molecular flexibility index (Phi) is 3.32. The summed E-state index contributed by atoms with van der Waals surface area (Å²) in [5.41, 5.74) is 2.64. The molecule has 20 heavy (non-hydrogen) atoms. The van der Waals surface area contributed by atoms with Gasteiger partial charge in [0.2, 0.25) is 5.91 Å². The summed E-state index contributed by atoms with van der Waals surface area (Å²) in [6.07, 6.45) is 3.05. The van der Waals surface area contributed by atoms with Crippen LogP contribution in [0.3, 0.4) is 0 Å². The minimum atomic E-state index is 0.0879. The third-order valence-corrected chi connectivity index (χ3v) is 4.74. The van der Waals surface area contributed by atoms with Crippen LogP contribution in [0.2, 0.25) is 5.02 Å². The second-order valence-corrected chi connectivity index (χ2v) is 7.68. The highest BCUT2D eigenvalue weighted by Crippen LogP contribution is 2.39. The third kappa shape index (κ3) is 2.58. The zero-order valence-corrected chi connectivity index (χ0v) is 13.2. The minimum Gasteiger partial charge on any atom is -0.334 e. The summed E-state index contributed by atoms with van der Waals surface area (Å²) in [6.45, 7) is 7.41. The van der Waals surface area contributed by atoms with E-state index in [9.17, 15) is 4.79 Å². The molecule has 2 aliphatic rings. The van der Waals surface area contributed by atoms with Crippen LogP contribution in [0.5, 0.6) is 0 Å². The quantitative estimate of drug-likeness (QED) is 0.764. The first-order valence-corrected chi connectivity index (χ1v) is 7.82. The molecular weight excluding hydrogens is 270 g/mol. The topological polar surface area (TPSA) is 20.3 Å². The van der Waals surface area contributed by atoms with Gasteiger partial charge in [-0.15, -0.1) is 0 Å². The molecule has 1 aromatic carbocycles. The third-order valence-electron chi connectivity index (χ3n) is 4.51. The van der Waals surface area contributed by atoms with Crippen molar-refractivity contribution in [2.45, 2.75) is 52.6 Å². The Morgan fingerprint density at radius 3 is 2.55 bits per heavy atom. The number of fused-ring (bicyclic) bond motifs is 1. The Balaban J connectivity index is 1.95. The van der Waals surface area contributed by atoms with Crippen LogP contribution in [0, 0.1) is 11.3 Å². The summed E-state index contributed by atoms with van der Waals surface area (Å²) in [5, 5.41) is 0.790. The van der Waals surface area contributed by atoms with Crippen molar-refractivity contribution in [1.29, 1.82) is 0 Å². The highest BCUT2D eigenvalue weighted by Gasteiger charge is 2.42. The summed E-state index contributed by atoms with van der Waals surface area (Å²) >= 11 is 6.12. The van der Waals surface area contributed by atoms with Gasteiger partial charge >= 0.3 is 0 Å². The van der Waals surface area contributed by atoms with E-state index in [4.69, 9.17) is 11.6 Å². The molecule has 3 heteroatoms. The minimum absolute atomic E-state index is 0.0879. The lowest BCUT2D eigenvalue weighted by Gasteiger charge is -2.44. The molecule has 1 aromatic rings. The monoisotopic (exact) mass is 291 g/mol. The molecule has 0 spiro atoms. The largest absolute Gasteiger partial charge is 0.334 e. The van der Waals surface area contributed by atoms with E-state index in [1.54, 1.807) is 0 Å². The summed E-state index contributed by atoms with van der Waals surface area (Å²) in [6, 6.07) is 6.33. The Hall–Kier alpha value is -1.02. The van der Waals surface area contributed by atoms with E-state index in [1.165, 1.54) is 11.1 Å². The normalized spacial score (nSPS) is 22.6. The number of benzene rings is 1. The smallest absolute Gasteiger partial charge is 0.226 e. The van der Waals surface area contributed by atoms with Crippen LogP contribution >= 0.6 is 11.6 Å². The molecule has 0 N–H and O–H groups in total. The molecule has 1 aliphatic heterocycles. The van der Waals surface area contributed by atoms with Gasteiger partial charge in [-0.1, -0.05) is 38.4 Å². The number of hydrogen-bond donors (Lipinski definition) is 0. The lowest BCUT2D eigenvalue weighted by Crippen LogP contribution is -2.51. The van der Waals surface area contributed by atoms with Gasteiger partial charge in [0.05, 0.1) is 0 Å². The Labute approximate surface area is 126 Å². The van der Waals surface area contributed by atoms with Crippen LogP contribution < -0.4 is 0 Å². The van der Waals surface area contributed by atoms with Crippen LogP contribution in [0.15, 0.2) is 18.2 Å². The molecule has 1 atom stereocenters. The first kappa shape index (κ1) is 13.9. The fourth-order valence-corrected chi connectivity index (χ4v) is 3.32. The molecule has 0 radical (unpaired) electrons. The van der Waals surface area contributed by atoms with Crippen LogP contribution in [0.25, 0.3) is 0 Å². The predicted octanol–water partition coefficient (Wildman–Crippen LogP) is 4.05. The number of rotatable bonds is 1. The van der Waals surface area contributed by atoms with E-state index in [1.807, 2.05) is 6.07 Å². The maximum absolute atomic E-state index is 12.6. The van der Waals surface area contributed by atoms with Gasteiger partial charge in [-0.25, -0.2) is 0 Å². The molecule has 1 unspecified atom stereocenters. The van der Waals surface area contributed by atoms with Gasteiger partial charge in [-0.3, -0.25) is 4.79 Å². The van der Waals surface area contributed by atoms with Crippen molar-refractivity contribution in [2.24, 2.45) is 11.3 Å². The Morgan fingerprint density at radius 2 is 1.95 bits per heavy atom. The highest BCUT2D eigenvalue weighted by atomic mass is 35.5. The summed E-state index contributed by atoms with van der Waals surface area (Å²) in [7, 11) is 0. The van der Waals surface area contributed by atoms with E-state index < -0.39 is 0 Å². The van der Waals surface area contributed by atoms with E-state index in [2.05, 4.69) is 37.8 Å². The van der Waals surface area contributed by atoms with Crippen molar-refractivity contribution < 1.29 is 4.79 Å². The number of carbonyl (C=O) groups excluding carboxylic acids is 1. The first-order valence-electron chi connectivity index (χ1n) is 7.44. The second kappa shape index (κ2) is 4.77. The summed E-state index contributed by atoms with van der Waals surface area (Å²) in [4.78, 5) is 14.7. The van der Waals surface area contributed by atoms with Crippen molar-refractivity contribution in [2.75, 3.05) is 0 Å². The Morgan fingerprint density at radius 1 is 1.25 bits per heavy atom. The second-order valence-electron chi connectivity index (χ2n) is 7.24. The predicted molar refractivity (Wildman–Crippen MR) is 81.7 cm³/mol. The number of halogens is 1. The van der Waals surface area contributed by atoms with Crippen molar-refractivity contribution in [3.05, 3.63) is 34.3 Å². The van der Waals surface area contributed by atoms with Gasteiger partial charge < -0.3 is 4.90 Å². The fourth-order valence-electron chi connectivity index (χ4n) is 3.12. The van der Waals surface area contributed by atoms with Crippen molar-refractivity contribution in [3.8, 4) is 0 Å². The van der Waals surface area contributed by atoms with Gasteiger partial charge in [-0.2, -0.15) is 0 Å². The number of carbonyl (C=O) groups is 1. The van der Waals surface area contributed by atoms with Crippen LogP contribution in [0.4, 0.5) is 0 Å². The van der Waals surface area contributed by atoms with Gasteiger partial charge in [-0.05, 0) is 47.9 Å². The number of hydrogen-bond acceptors (Lipinski definition) is 1. The van der Waals surface area contributed by atoms with Crippen LogP contribution in [0.1, 0.15) is 44.7 Å². The van der Waals surface area contributed by atoms with E-state index in [0.717, 1.165) is 30.8 Å². The molecule has 1 fully saturated rings. The maximum atomic E-state index is 12.6. The number of nitrogens with zero attached hydrogens (tertiary/aromatic N) is 1. The molecule has 1 saturated carbocycles. The number of amides is 1. The molecular formula is C17H22ClNO. The van der Waals surface area contributed by atoms with E-state index in [-0.39, 0.29) is 17.4 Å². The van der Waals surface area contributed by atoms with Crippen LogP contribution in [-0.4, -0.2) is 16.8 Å². The van der Waals surface area contributed by atoms with E-state index >= 15 is 0 Å². The lowest BCUT2D eigenvalue weighted by atomic mass is 9.78. The van der Waals surface area contributed by atoms with Gasteiger partial charge in [0.25, 0.3) is 0 Å². The molecule has 0 saturated heterocycles. The zero-order valence-electron chi connectivity index (χ0n) is 12.4. The maximum Gasteiger partial charge on any atom is 0.226 e. The van der Waals surface area contributed by atoms with Gasteiger partial charge in [0, 0.05) is 23.5 Å². The average molecular weight is 292 g/mol. The van der Waals surface area contributed by atoms with Crippen molar-refractivity contribution in [1.82, 2.24) is 4.90 Å². The fraction of sp³-hybridized carbons (Fsp3) is 0.588. The molecule has 3 rings (SSSR count). The van der Waals surface area contributed by atoms with Gasteiger partial charge in [0.1, 0.15) is 0 Å². The SMILES string of the molecule is CC(C)(C)C1Cc2cc(Cl)ccc2CN1C(=O)C1CC1. The molecule has 1 heterocycles. The highest BCUT2D eigenvalue weighted by molar-refractivity contribution is 6.30. The summed E-state index contributed by atoms with van der Waals surface area (Å²) in [5.74, 6) is 0.638. The average Bonchev–Trinajstić information content (AvgIpc) is 3.19. The van der Waals surface area contributed by atoms with Crippen molar-refractivity contribution >= 4 is 17.5 Å². The molecule has 0 aromatic heterocycles. The lowest BCUT2D eigenvalue weighted by molar-refractivity contribution is -0.138. The van der Waals surface area contributed by atoms with Gasteiger partial charge in [0.15, 0.2) is 0 Å². The molecule has 108 valence electrons. The van der Waals surface area contributed by atoms with Crippen molar-refractivity contribution in [3.63, 3.8) is 0 Å². The van der Waals surface area contributed by atoms with Crippen LogP contribution in [-0.2, 0) is 17.8 Å². The molecule has 1 aliphatic carbocycles. The van der Waals surface area contributed by atoms with E-state index in [0.29, 0.717) is 5.91 Å². The molecule has 2 nitrogen and oxygen atoms in total. The first-order chi connectivity index (χ1) is 9.36. The molecule has 1 amide bonds. The Bertz CT molecular complexity index is 542. The summed E-state index contributed by atoms with van der Waals surface area (Å²) < 4.78 is 0. The standard InChI is InChI=1S/C17H22ClNO/c1-17(2,3)15-9-13-8-14(18)7-6-12(13)10-19(15)16(20)11-4-5-11/h6-8,11,15H,4-5,9-10H2,1-3H3. The zero-order chi connectivity index (χ0) is 14.5.